The van der Waals surface area contributed by atoms with Crippen molar-refractivity contribution in [3.05, 3.63) is 29.8 Å². The van der Waals surface area contributed by atoms with E-state index in [1.807, 2.05) is 24.3 Å². The summed E-state index contributed by atoms with van der Waals surface area (Å²) < 4.78 is 22.3. The van der Waals surface area contributed by atoms with Crippen LogP contribution in [0.5, 0.6) is 0 Å². The van der Waals surface area contributed by atoms with Crippen LogP contribution in [0.3, 0.4) is 0 Å². The van der Waals surface area contributed by atoms with Gasteiger partial charge in [-0.15, -0.1) is 0 Å². The highest BCUT2D eigenvalue weighted by atomic mass is 32.2. The highest BCUT2D eigenvalue weighted by Crippen LogP contribution is 2.35. The Labute approximate surface area is 119 Å². The minimum absolute atomic E-state index is 0.161. The smallest absolute Gasteiger partial charge is 0.311 e. The molecule has 1 aromatic carbocycles. The molecule has 2 rings (SSSR count). The van der Waals surface area contributed by atoms with Crippen molar-refractivity contribution in [1.82, 2.24) is 0 Å². The number of carboxylic acids is 1. The number of carbonyl (C=O) groups is 1. The first-order valence-electron chi connectivity index (χ1n) is 6.63. The molecule has 5 nitrogen and oxygen atoms in total. The largest absolute Gasteiger partial charge is 0.481 e. The third-order valence-electron chi connectivity index (χ3n) is 3.58. The Morgan fingerprint density at radius 3 is 2.75 bits per heavy atom. The zero-order valence-electron chi connectivity index (χ0n) is 11.4. The highest BCUT2D eigenvalue weighted by molar-refractivity contribution is 7.90. The Morgan fingerprint density at radius 2 is 2.10 bits per heavy atom. The summed E-state index contributed by atoms with van der Waals surface area (Å²) in [6.45, 7) is 1.29. The number of sulfone groups is 1. The van der Waals surface area contributed by atoms with E-state index in [-0.39, 0.29) is 5.75 Å². The molecule has 0 radical (unpaired) electrons. The molecule has 0 fully saturated rings. The standard InChI is InChI=1S/C14H19NO4S/c1-20(18,19)10-4-8-15-9-7-12(14(16)17)11-5-2-3-6-13(11)15/h2-3,5-6,12H,4,7-10H2,1H3,(H,16,17). The lowest BCUT2D eigenvalue weighted by Crippen LogP contribution is -2.34. The summed E-state index contributed by atoms with van der Waals surface area (Å²) in [5.74, 6) is -1.10. The van der Waals surface area contributed by atoms with E-state index in [0.717, 1.165) is 11.3 Å². The predicted octanol–water partition coefficient (Wildman–Crippen LogP) is 1.50. The molecule has 0 saturated carbocycles. The van der Waals surface area contributed by atoms with Crippen LogP contribution in [-0.4, -0.2) is 44.6 Å². The fraction of sp³-hybridized carbons (Fsp3) is 0.500. The monoisotopic (exact) mass is 297 g/mol. The van der Waals surface area contributed by atoms with Crippen LogP contribution in [0.2, 0.25) is 0 Å². The van der Waals surface area contributed by atoms with Crippen LogP contribution in [0.25, 0.3) is 0 Å². The Balaban J connectivity index is 2.13. The van der Waals surface area contributed by atoms with Crippen molar-refractivity contribution in [3.63, 3.8) is 0 Å². The predicted molar refractivity (Wildman–Crippen MR) is 78.0 cm³/mol. The Kier molecular flexibility index (Phi) is 4.32. The number of anilines is 1. The van der Waals surface area contributed by atoms with Gasteiger partial charge in [-0.05, 0) is 24.5 Å². The van der Waals surface area contributed by atoms with E-state index in [9.17, 15) is 18.3 Å². The molecule has 1 aromatic rings. The van der Waals surface area contributed by atoms with Crippen molar-refractivity contribution in [2.24, 2.45) is 0 Å². The van der Waals surface area contributed by atoms with Gasteiger partial charge in [-0.1, -0.05) is 18.2 Å². The summed E-state index contributed by atoms with van der Waals surface area (Å²) in [5.41, 5.74) is 1.74. The van der Waals surface area contributed by atoms with Gasteiger partial charge < -0.3 is 10.0 Å². The second kappa shape index (κ2) is 5.83. The van der Waals surface area contributed by atoms with E-state index in [0.29, 0.717) is 25.9 Å². The number of aliphatic carboxylic acids is 1. The van der Waals surface area contributed by atoms with Gasteiger partial charge in [0, 0.05) is 25.0 Å². The first-order valence-corrected chi connectivity index (χ1v) is 8.69. The summed E-state index contributed by atoms with van der Waals surface area (Å²) in [7, 11) is -2.95. The Hall–Kier alpha value is -1.56. The van der Waals surface area contributed by atoms with E-state index in [1.54, 1.807) is 0 Å². The van der Waals surface area contributed by atoms with Gasteiger partial charge in [0.05, 0.1) is 11.7 Å². The van der Waals surface area contributed by atoms with Gasteiger partial charge in [0.25, 0.3) is 0 Å². The minimum Gasteiger partial charge on any atom is -0.481 e. The quantitative estimate of drug-likeness (QED) is 0.891. The van der Waals surface area contributed by atoms with E-state index >= 15 is 0 Å². The molecule has 0 saturated heterocycles. The Bertz CT molecular complexity index is 597. The molecular formula is C14H19NO4S. The van der Waals surface area contributed by atoms with Gasteiger partial charge in [-0.3, -0.25) is 4.79 Å². The molecule has 0 spiro atoms. The van der Waals surface area contributed by atoms with Crippen molar-refractivity contribution in [3.8, 4) is 0 Å². The average molecular weight is 297 g/mol. The minimum atomic E-state index is -2.95. The number of benzene rings is 1. The molecule has 0 aromatic heterocycles. The molecule has 6 heteroatoms. The molecule has 1 unspecified atom stereocenters. The maximum absolute atomic E-state index is 11.3. The number of hydrogen-bond acceptors (Lipinski definition) is 4. The topological polar surface area (TPSA) is 74.7 Å². The van der Waals surface area contributed by atoms with Crippen LogP contribution in [0, 0.1) is 0 Å². The van der Waals surface area contributed by atoms with Crippen molar-refractivity contribution in [2.75, 3.05) is 30.0 Å². The first-order chi connectivity index (χ1) is 9.38. The normalized spacial score (nSPS) is 18.6. The van der Waals surface area contributed by atoms with Crippen LogP contribution in [-0.2, 0) is 14.6 Å². The SMILES string of the molecule is CS(=O)(=O)CCCN1CCC(C(=O)O)c2ccccc21. The van der Waals surface area contributed by atoms with Gasteiger partial charge in [0.2, 0.25) is 0 Å². The second-order valence-corrected chi connectivity index (χ2v) is 7.47. The lowest BCUT2D eigenvalue weighted by Gasteiger charge is -2.34. The highest BCUT2D eigenvalue weighted by Gasteiger charge is 2.29. The molecule has 110 valence electrons. The summed E-state index contributed by atoms with van der Waals surface area (Å²) in [6.07, 6.45) is 2.35. The number of nitrogens with zero attached hydrogens (tertiary/aromatic N) is 1. The van der Waals surface area contributed by atoms with E-state index in [1.165, 1.54) is 6.26 Å². The van der Waals surface area contributed by atoms with Gasteiger partial charge in [-0.2, -0.15) is 0 Å². The molecule has 1 atom stereocenters. The third kappa shape index (κ3) is 3.50. The van der Waals surface area contributed by atoms with Crippen LogP contribution < -0.4 is 4.90 Å². The van der Waals surface area contributed by atoms with Crippen molar-refractivity contribution >= 4 is 21.5 Å². The van der Waals surface area contributed by atoms with Gasteiger partial charge in [-0.25, -0.2) is 8.42 Å². The van der Waals surface area contributed by atoms with Crippen LogP contribution in [0.4, 0.5) is 5.69 Å². The second-order valence-electron chi connectivity index (χ2n) is 5.21. The van der Waals surface area contributed by atoms with Crippen LogP contribution >= 0.6 is 0 Å². The summed E-state index contributed by atoms with van der Waals surface area (Å²) in [6, 6.07) is 7.48. The van der Waals surface area contributed by atoms with Crippen molar-refractivity contribution in [2.45, 2.75) is 18.8 Å². The molecule has 20 heavy (non-hydrogen) atoms. The molecule has 1 N–H and O–H groups in total. The summed E-state index contributed by atoms with van der Waals surface area (Å²) in [5, 5.41) is 9.26. The number of hydrogen-bond donors (Lipinski definition) is 1. The van der Waals surface area contributed by atoms with E-state index in [4.69, 9.17) is 0 Å². The lowest BCUT2D eigenvalue weighted by atomic mass is 9.90. The Morgan fingerprint density at radius 1 is 1.40 bits per heavy atom. The van der Waals surface area contributed by atoms with Crippen molar-refractivity contribution < 1.29 is 18.3 Å². The van der Waals surface area contributed by atoms with E-state index in [2.05, 4.69) is 4.90 Å². The number of carboxylic acid groups (broad SMARTS) is 1. The first kappa shape index (κ1) is 14.8. The molecule has 1 heterocycles. The molecule has 0 aliphatic carbocycles. The van der Waals surface area contributed by atoms with Gasteiger partial charge >= 0.3 is 5.97 Å². The molecule has 1 aliphatic rings. The lowest BCUT2D eigenvalue weighted by molar-refractivity contribution is -0.139. The zero-order valence-corrected chi connectivity index (χ0v) is 12.3. The molecule has 0 bridgehead atoms. The molecular weight excluding hydrogens is 278 g/mol. The maximum Gasteiger partial charge on any atom is 0.311 e. The van der Waals surface area contributed by atoms with Crippen LogP contribution in [0.15, 0.2) is 24.3 Å². The van der Waals surface area contributed by atoms with E-state index < -0.39 is 21.7 Å². The molecule has 0 amide bonds. The van der Waals surface area contributed by atoms with Gasteiger partial charge in [0.15, 0.2) is 0 Å². The number of para-hydroxylation sites is 1. The fourth-order valence-electron chi connectivity index (χ4n) is 2.64. The van der Waals surface area contributed by atoms with Crippen molar-refractivity contribution in [1.29, 1.82) is 0 Å². The summed E-state index contributed by atoms with van der Waals surface area (Å²) >= 11 is 0. The maximum atomic E-state index is 11.3. The zero-order chi connectivity index (χ0) is 14.8. The summed E-state index contributed by atoms with van der Waals surface area (Å²) in [4.78, 5) is 13.4. The van der Waals surface area contributed by atoms with Gasteiger partial charge in [0.1, 0.15) is 9.84 Å². The number of rotatable bonds is 5. The van der Waals surface area contributed by atoms with Crippen LogP contribution in [0.1, 0.15) is 24.3 Å². The third-order valence-corrected chi connectivity index (χ3v) is 4.61. The average Bonchev–Trinajstić information content (AvgIpc) is 2.37. The molecule has 1 aliphatic heterocycles. The number of fused-ring (bicyclic) bond motifs is 1. The fourth-order valence-corrected chi connectivity index (χ4v) is 3.29.